The van der Waals surface area contributed by atoms with Gasteiger partial charge in [0.05, 0.1) is 17.9 Å². The molecule has 1 unspecified atom stereocenters. The molecule has 0 radical (unpaired) electrons. The van der Waals surface area contributed by atoms with Crippen molar-refractivity contribution in [1.29, 1.82) is 0 Å². The van der Waals surface area contributed by atoms with E-state index in [2.05, 4.69) is 34.6 Å². The van der Waals surface area contributed by atoms with Gasteiger partial charge < -0.3 is 24.5 Å². The molecule has 4 heterocycles. The number of unbranched alkanes of at least 4 members (excludes halogenated alkanes) is 3. The van der Waals surface area contributed by atoms with Crippen molar-refractivity contribution in [3.63, 3.8) is 0 Å². The van der Waals surface area contributed by atoms with Gasteiger partial charge >= 0.3 is 0 Å². The zero-order chi connectivity index (χ0) is 28.6. The first-order valence-electron chi connectivity index (χ1n) is 14.9. The Kier molecular flexibility index (Phi) is 8.67. The van der Waals surface area contributed by atoms with Gasteiger partial charge in [0.2, 0.25) is 17.7 Å². The van der Waals surface area contributed by atoms with Crippen LogP contribution in [-0.4, -0.2) is 93.6 Å². The van der Waals surface area contributed by atoms with E-state index in [1.807, 2.05) is 41.0 Å². The lowest BCUT2D eigenvalue weighted by atomic mass is 9.77. The molecule has 0 aromatic heterocycles. The van der Waals surface area contributed by atoms with Crippen LogP contribution in [0.4, 0.5) is 0 Å². The third-order valence-corrected chi connectivity index (χ3v) is 8.74. The van der Waals surface area contributed by atoms with Gasteiger partial charge in [0.25, 0.3) is 0 Å². The Hall–Kier alpha value is -2.19. The maximum Gasteiger partial charge on any atom is 0.249 e. The van der Waals surface area contributed by atoms with Crippen LogP contribution in [-0.2, 0) is 19.1 Å². The summed E-state index contributed by atoms with van der Waals surface area (Å²) in [5, 5.41) is 9.17. The molecule has 0 aliphatic carbocycles. The first-order chi connectivity index (χ1) is 18.4. The quantitative estimate of drug-likeness (QED) is 0.336. The summed E-state index contributed by atoms with van der Waals surface area (Å²) >= 11 is 0. The summed E-state index contributed by atoms with van der Waals surface area (Å²) in [4.78, 5) is 48.2. The van der Waals surface area contributed by atoms with Crippen molar-refractivity contribution in [2.75, 3.05) is 32.8 Å². The summed E-state index contributed by atoms with van der Waals surface area (Å²) in [6.45, 7) is 14.9. The van der Waals surface area contributed by atoms with Crippen LogP contribution in [0.1, 0.15) is 80.1 Å². The molecular formula is C31H49N3O5. The number of aliphatic hydroxyl groups excluding tert-OH is 1. The molecule has 8 nitrogen and oxygen atoms in total. The number of hydrogen-bond donors (Lipinski definition) is 1. The number of amides is 3. The van der Waals surface area contributed by atoms with E-state index in [1.165, 1.54) is 0 Å². The van der Waals surface area contributed by atoms with E-state index < -0.39 is 35.1 Å². The molecule has 4 aliphatic rings. The normalized spacial score (nSPS) is 30.9. The standard InChI is InChI=1S/C31H49N3O5/c1-7-16-32-17-12-14-22-23(26(32)36)24-27(37)33(18-10-8-9-11-20-35)25-28(38)34(19-13-15-31(24,25)39-22)30(5,6)21-29(2,3)4/h12-15,22-25,35H,7-11,16-21H2,1-6H3/t22-,23+,24+,25?,31+/m1/s1. The minimum Gasteiger partial charge on any atom is -0.396 e. The summed E-state index contributed by atoms with van der Waals surface area (Å²) < 4.78 is 6.75. The molecule has 1 spiro atoms. The lowest BCUT2D eigenvalue weighted by molar-refractivity contribution is -0.152. The largest absolute Gasteiger partial charge is 0.396 e. The van der Waals surface area contributed by atoms with Gasteiger partial charge in [0.1, 0.15) is 11.6 Å². The molecule has 0 aromatic rings. The second kappa shape index (κ2) is 11.4. The Morgan fingerprint density at radius 2 is 1.67 bits per heavy atom. The van der Waals surface area contributed by atoms with Crippen LogP contribution in [0.2, 0.25) is 0 Å². The number of carbonyl (C=O) groups is 3. The predicted molar refractivity (Wildman–Crippen MR) is 151 cm³/mol. The van der Waals surface area contributed by atoms with Crippen LogP contribution in [0, 0.1) is 17.3 Å². The Morgan fingerprint density at radius 3 is 2.33 bits per heavy atom. The number of nitrogens with zero attached hydrogens (tertiary/aromatic N) is 3. The second-order valence-corrected chi connectivity index (χ2v) is 13.6. The highest BCUT2D eigenvalue weighted by molar-refractivity contribution is 6.00. The third kappa shape index (κ3) is 5.56. The van der Waals surface area contributed by atoms with Gasteiger partial charge in [-0.2, -0.15) is 0 Å². The van der Waals surface area contributed by atoms with Crippen molar-refractivity contribution in [2.45, 2.75) is 103 Å². The third-order valence-electron chi connectivity index (χ3n) is 8.74. The van der Waals surface area contributed by atoms with E-state index in [0.717, 1.165) is 38.5 Å². The number of ether oxygens (including phenoxy) is 1. The molecule has 3 amide bonds. The van der Waals surface area contributed by atoms with Gasteiger partial charge in [-0.05, 0) is 44.9 Å². The number of aliphatic hydroxyl groups is 1. The summed E-state index contributed by atoms with van der Waals surface area (Å²) in [5.74, 6) is -1.68. The fourth-order valence-electron chi connectivity index (χ4n) is 7.59. The van der Waals surface area contributed by atoms with Crippen LogP contribution in [0.25, 0.3) is 0 Å². The number of hydrogen-bond acceptors (Lipinski definition) is 5. The Morgan fingerprint density at radius 1 is 0.949 bits per heavy atom. The number of rotatable bonds is 10. The Bertz CT molecular complexity index is 999. The highest BCUT2D eigenvalue weighted by Crippen LogP contribution is 2.54. The Labute approximate surface area is 234 Å². The van der Waals surface area contributed by atoms with Crippen LogP contribution in [0.5, 0.6) is 0 Å². The molecular weight excluding hydrogens is 494 g/mol. The lowest BCUT2D eigenvalue weighted by Crippen LogP contribution is -2.59. The molecule has 39 heavy (non-hydrogen) atoms. The average molecular weight is 544 g/mol. The van der Waals surface area contributed by atoms with Crippen molar-refractivity contribution >= 4 is 17.7 Å². The Balaban J connectivity index is 1.74. The average Bonchev–Trinajstić information content (AvgIpc) is 3.14. The van der Waals surface area contributed by atoms with Crippen molar-refractivity contribution in [2.24, 2.45) is 17.3 Å². The zero-order valence-corrected chi connectivity index (χ0v) is 24.8. The molecule has 1 N–H and O–H groups in total. The first-order valence-corrected chi connectivity index (χ1v) is 14.9. The second-order valence-electron chi connectivity index (χ2n) is 13.6. The molecule has 2 saturated heterocycles. The van der Waals surface area contributed by atoms with E-state index in [4.69, 9.17) is 4.74 Å². The van der Waals surface area contributed by atoms with Gasteiger partial charge in [-0.25, -0.2) is 0 Å². The van der Waals surface area contributed by atoms with Crippen molar-refractivity contribution in [3.05, 3.63) is 24.3 Å². The van der Waals surface area contributed by atoms with Crippen LogP contribution < -0.4 is 0 Å². The topological polar surface area (TPSA) is 90.4 Å². The predicted octanol–water partition coefficient (Wildman–Crippen LogP) is 3.54. The van der Waals surface area contributed by atoms with Gasteiger partial charge in [0, 0.05) is 38.3 Å². The molecule has 218 valence electrons. The van der Waals surface area contributed by atoms with Crippen LogP contribution >= 0.6 is 0 Å². The van der Waals surface area contributed by atoms with E-state index >= 15 is 0 Å². The number of fused-ring (bicyclic) bond motifs is 2. The van der Waals surface area contributed by atoms with E-state index in [1.54, 1.807) is 4.90 Å². The van der Waals surface area contributed by atoms with Gasteiger partial charge in [0.15, 0.2) is 0 Å². The van der Waals surface area contributed by atoms with E-state index in [9.17, 15) is 19.5 Å². The molecule has 4 aliphatic heterocycles. The van der Waals surface area contributed by atoms with Gasteiger partial charge in [-0.1, -0.05) is 64.8 Å². The van der Waals surface area contributed by atoms with Crippen molar-refractivity contribution in [1.82, 2.24) is 14.7 Å². The molecule has 8 heteroatoms. The summed E-state index contributed by atoms with van der Waals surface area (Å²) in [7, 11) is 0. The summed E-state index contributed by atoms with van der Waals surface area (Å²) in [6.07, 6.45) is 12.1. The van der Waals surface area contributed by atoms with E-state index in [-0.39, 0.29) is 29.7 Å². The zero-order valence-electron chi connectivity index (χ0n) is 24.8. The van der Waals surface area contributed by atoms with Gasteiger partial charge in [-0.3, -0.25) is 14.4 Å². The highest BCUT2D eigenvalue weighted by Gasteiger charge is 2.72. The molecule has 0 aromatic carbocycles. The molecule has 2 fully saturated rings. The molecule has 0 bridgehead atoms. The highest BCUT2D eigenvalue weighted by atomic mass is 16.5. The monoisotopic (exact) mass is 543 g/mol. The minimum absolute atomic E-state index is 0.00884. The molecule has 4 rings (SSSR count). The fraction of sp³-hybridized carbons (Fsp3) is 0.774. The first kappa shape index (κ1) is 29.8. The van der Waals surface area contributed by atoms with Gasteiger partial charge in [-0.15, -0.1) is 0 Å². The van der Waals surface area contributed by atoms with Crippen LogP contribution in [0.15, 0.2) is 24.3 Å². The summed E-state index contributed by atoms with van der Waals surface area (Å²) in [6, 6.07) is -0.807. The fourth-order valence-corrected chi connectivity index (χ4v) is 7.59. The van der Waals surface area contributed by atoms with Crippen LogP contribution in [0.3, 0.4) is 0 Å². The van der Waals surface area contributed by atoms with Crippen molar-refractivity contribution in [3.8, 4) is 0 Å². The van der Waals surface area contributed by atoms with E-state index in [0.29, 0.717) is 26.2 Å². The summed E-state index contributed by atoms with van der Waals surface area (Å²) in [5.41, 5.74) is -1.60. The maximum absolute atomic E-state index is 14.6. The number of carbonyl (C=O) groups excluding carboxylic acids is 3. The lowest BCUT2D eigenvalue weighted by Gasteiger charge is -2.44. The molecule has 0 saturated carbocycles. The van der Waals surface area contributed by atoms with Crippen molar-refractivity contribution < 1.29 is 24.2 Å². The maximum atomic E-state index is 14.6. The SMILES string of the molecule is CCCN1CC=C[C@H]2O[C@]34C=CCN(C(C)(C)CC(C)(C)C)C(=O)C3N(CCCCCCO)C(=O)[C@@H]4[C@H]2C1=O. The minimum atomic E-state index is -1.17. The number of likely N-dealkylation sites (tertiary alicyclic amines) is 1. The molecule has 5 atom stereocenters. The smallest absolute Gasteiger partial charge is 0.249 e.